The highest BCUT2D eigenvalue weighted by atomic mass is 32.2. The molecule has 1 aromatic carbocycles. The predicted molar refractivity (Wildman–Crippen MR) is 99.8 cm³/mol. The highest BCUT2D eigenvalue weighted by Gasteiger charge is 2.23. The molecule has 7 heteroatoms. The highest BCUT2D eigenvalue weighted by Crippen LogP contribution is 2.15. The largest absolute Gasteiger partial charge is 0.335 e. The van der Waals surface area contributed by atoms with Crippen molar-refractivity contribution < 1.29 is 13.2 Å². The van der Waals surface area contributed by atoms with E-state index >= 15 is 0 Å². The Bertz CT molecular complexity index is 781. The lowest BCUT2D eigenvalue weighted by Gasteiger charge is -2.34. The average Bonchev–Trinajstić information content (AvgIpc) is 3.17. The molecule has 1 aliphatic heterocycles. The van der Waals surface area contributed by atoms with E-state index in [9.17, 15) is 13.2 Å². The van der Waals surface area contributed by atoms with Gasteiger partial charge in [-0.1, -0.05) is 24.3 Å². The number of rotatable bonds is 6. The molecule has 1 aromatic heterocycles. The molecule has 0 spiro atoms. The van der Waals surface area contributed by atoms with Crippen molar-refractivity contribution in [1.82, 2.24) is 9.80 Å². The minimum absolute atomic E-state index is 0.0984. The number of hydrogen-bond donors (Lipinski definition) is 0. The fraction of sp³-hybridized carbons (Fsp3) is 0.389. The number of nitrogens with zero attached hydrogens (tertiary/aromatic N) is 2. The molecule has 0 saturated carbocycles. The molecule has 1 fully saturated rings. The first-order valence-electron chi connectivity index (χ1n) is 8.39. The standard InChI is InChI=1S/C18H22N2O3S2/c21-18(17-8-4-14-24-17)20-12-10-19(11-13-20)9-5-15-25(22,23)16-6-2-1-3-7-16/h1-4,6-8,14H,5,9-13,15H2. The number of amides is 1. The second kappa shape index (κ2) is 8.12. The summed E-state index contributed by atoms with van der Waals surface area (Å²) in [5.74, 6) is 0.257. The van der Waals surface area contributed by atoms with Crippen molar-refractivity contribution in [2.45, 2.75) is 11.3 Å². The van der Waals surface area contributed by atoms with Crippen LogP contribution >= 0.6 is 11.3 Å². The van der Waals surface area contributed by atoms with Crippen LogP contribution in [0.15, 0.2) is 52.7 Å². The molecule has 2 aromatic rings. The maximum Gasteiger partial charge on any atom is 0.264 e. The fourth-order valence-electron chi connectivity index (χ4n) is 2.95. The second-order valence-electron chi connectivity index (χ2n) is 6.10. The third-order valence-electron chi connectivity index (χ3n) is 4.38. The fourth-order valence-corrected chi connectivity index (χ4v) is 4.96. The van der Waals surface area contributed by atoms with Gasteiger partial charge in [-0.25, -0.2) is 8.42 Å². The van der Waals surface area contributed by atoms with Crippen LogP contribution in [-0.4, -0.2) is 62.6 Å². The molecular weight excluding hydrogens is 356 g/mol. The molecule has 1 aliphatic rings. The molecule has 5 nitrogen and oxygen atoms in total. The van der Waals surface area contributed by atoms with E-state index in [2.05, 4.69) is 4.90 Å². The SMILES string of the molecule is O=C(c1cccs1)N1CCN(CCCS(=O)(=O)c2ccccc2)CC1. The molecule has 134 valence electrons. The smallest absolute Gasteiger partial charge is 0.264 e. The summed E-state index contributed by atoms with van der Waals surface area (Å²) in [4.78, 5) is 17.6. The van der Waals surface area contributed by atoms with Crippen LogP contribution in [0.25, 0.3) is 0 Å². The molecule has 2 heterocycles. The summed E-state index contributed by atoms with van der Waals surface area (Å²) in [5, 5.41) is 1.91. The van der Waals surface area contributed by atoms with Crippen molar-refractivity contribution in [2.75, 3.05) is 38.5 Å². The van der Waals surface area contributed by atoms with Crippen LogP contribution in [0.1, 0.15) is 16.1 Å². The van der Waals surface area contributed by atoms with E-state index in [1.165, 1.54) is 11.3 Å². The molecular formula is C18H22N2O3S2. The number of benzene rings is 1. The molecule has 1 amide bonds. The Morgan fingerprint density at radius 2 is 1.72 bits per heavy atom. The summed E-state index contributed by atoms with van der Waals surface area (Å²) in [6.07, 6.45) is 0.607. The second-order valence-corrected chi connectivity index (χ2v) is 9.15. The lowest BCUT2D eigenvalue weighted by Crippen LogP contribution is -2.48. The van der Waals surface area contributed by atoms with Crippen LogP contribution in [0, 0.1) is 0 Å². The number of hydrogen-bond acceptors (Lipinski definition) is 5. The average molecular weight is 379 g/mol. The number of carbonyl (C=O) groups excluding carboxylic acids is 1. The van der Waals surface area contributed by atoms with Gasteiger partial charge in [-0.15, -0.1) is 11.3 Å². The van der Waals surface area contributed by atoms with E-state index in [0.717, 1.165) is 24.5 Å². The van der Waals surface area contributed by atoms with Crippen LogP contribution in [-0.2, 0) is 9.84 Å². The van der Waals surface area contributed by atoms with Crippen molar-refractivity contribution in [3.63, 3.8) is 0 Å². The Kier molecular flexibility index (Phi) is 5.88. The Hall–Kier alpha value is -1.70. The molecule has 0 bridgehead atoms. The van der Waals surface area contributed by atoms with Crippen molar-refractivity contribution >= 4 is 27.1 Å². The van der Waals surface area contributed by atoms with Crippen molar-refractivity contribution in [2.24, 2.45) is 0 Å². The summed E-state index contributed by atoms with van der Waals surface area (Å²) in [7, 11) is -3.20. The lowest BCUT2D eigenvalue weighted by molar-refractivity contribution is 0.0642. The molecule has 0 unspecified atom stereocenters. The van der Waals surface area contributed by atoms with E-state index < -0.39 is 9.84 Å². The third-order valence-corrected chi connectivity index (χ3v) is 7.06. The molecule has 0 atom stereocenters. The minimum atomic E-state index is -3.20. The number of carbonyl (C=O) groups is 1. The summed E-state index contributed by atoms with van der Waals surface area (Å²) >= 11 is 1.47. The molecule has 1 saturated heterocycles. The van der Waals surface area contributed by atoms with Crippen molar-refractivity contribution in [3.8, 4) is 0 Å². The Balaban J connectivity index is 1.43. The van der Waals surface area contributed by atoms with Crippen LogP contribution < -0.4 is 0 Å². The van der Waals surface area contributed by atoms with E-state index in [1.807, 2.05) is 28.5 Å². The molecule has 0 radical (unpaired) electrons. The van der Waals surface area contributed by atoms with Crippen LogP contribution in [0.2, 0.25) is 0 Å². The summed E-state index contributed by atoms with van der Waals surface area (Å²) in [6.45, 7) is 3.72. The Labute approximate surface area is 152 Å². The molecule has 0 aliphatic carbocycles. The first-order chi connectivity index (χ1) is 12.1. The zero-order chi connectivity index (χ0) is 17.7. The van der Waals surface area contributed by atoms with Gasteiger partial charge in [0.15, 0.2) is 9.84 Å². The van der Waals surface area contributed by atoms with E-state index in [-0.39, 0.29) is 11.7 Å². The van der Waals surface area contributed by atoms with Gasteiger partial charge in [-0.05, 0) is 36.5 Å². The zero-order valence-electron chi connectivity index (χ0n) is 14.0. The van der Waals surface area contributed by atoms with Gasteiger partial charge < -0.3 is 4.90 Å². The Morgan fingerprint density at radius 3 is 2.36 bits per heavy atom. The normalized spacial score (nSPS) is 16.1. The summed E-state index contributed by atoms with van der Waals surface area (Å²) in [5.41, 5.74) is 0. The van der Waals surface area contributed by atoms with Gasteiger partial charge in [-0.2, -0.15) is 0 Å². The number of piperazine rings is 1. The first kappa shape index (κ1) is 18.1. The van der Waals surface area contributed by atoms with E-state index in [0.29, 0.717) is 24.4 Å². The summed E-state index contributed by atoms with van der Waals surface area (Å²) in [6, 6.07) is 12.3. The summed E-state index contributed by atoms with van der Waals surface area (Å²) < 4.78 is 24.6. The van der Waals surface area contributed by atoms with E-state index in [4.69, 9.17) is 0 Å². The van der Waals surface area contributed by atoms with Gasteiger partial charge in [-0.3, -0.25) is 9.69 Å². The number of thiophene rings is 1. The monoisotopic (exact) mass is 378 g/mol. The van der Waals surface area contributed by atoms with E-state index in [1.54, 1.807) is 24.3 Å². The maximum atomic E-state index is 12.3. The Morgan fingerprint density at radius 1 is 1.00 bits per heavy atom. The van der Waals surface area contributed by atoms with Crippen LogP contribution in [0.5, 0.6) is 0 Å². The highest BCUT2D eigenvalue weighted by molar-refractivity contribution is 7.91. The van der Waals surface area contributed by atoms with Gasteiger partial charge in [0.25, 0.3) is 5.91 Å². The first-order valence-corrected chi connectivity index (χ1v) is 10.9. The van der Waals surface area contributed by atoms with Gasteiger partial charge in [0, 0.05) is 26.2 Å². The van der Waals surface area contributed by atoms with Crippen molar-refractivity contribution in [3.05, 3.63) is 52.7 Å². The molecule has 3 rings (SSSR count). The van der Waals surface area contributed by atoms with Crippen molar-refractivity contribution in [1.29, 1.82) is 0 Å². The van der Waals surface area contributed by atoms with Crippen LogP contribution in [0.4, 0.5) is 0 Å². The minimum Gasteiger partial charge on any atom is -0.335 e. The predicted octanol–water partition coefficient (Wildman–Crippen LogP) is 2.37. The lowest BCUT2D eigenvalue weighted by atomic mass is 10.3. The molecule has 0 N–H and O–H groups in total. The number of sulfone groups is 1. The zero-order valence-corrected chi connectivity index (χ0v) is 15.6. The van der Waals surface area contributed by atoms with Crippen LogP contribution in [0.3, 0.4) is 0 Å². The quantitative estimate of drug-likeness (QED) is 0.774. The third kappa shape index (κ3) is 4.68. The van der Waals surface area contributed by atoms with Gasteiger partial charge in [0.2, 0.25) is 0 Å². The molecule has 25 heavy (non-hydrogen) atoms. The maximum absolute atomic E-state index is 12.3. The van der Waals surface area contributed by atoms with Gasteiger partial charge in [0.05, 0.1) is 15.5 Å². The van der Waals surface area contributed by atoms with Gasteiger partial charge >= 0.3 is 0 Å². The van der Waals surface area contributed by atoms with Gasteiger partial charge in [0.1, 0.15) is 0 Å². The topological polar surface area (TPSA) is 57.7 Å².